The van der Waals surface area contributed by atoms with Gasteiger partial charge in [0.05, 0.1) is 30.5 Å². The summed E-state index contributed by atoms with van der Waals surface area (Å²) in [4.78, 5) is 8.54. The zero-order chi connectivity index (χ0) is 20.2. The number of rotatable bonds is 1. The van der Waals surface area contributed by atoms with Crippen molar-refractivity contribution in [2.75, 3.05) is 13.2 Å². The van der Waals surface area contributed by atoms with Crippen molar-refractivity contribution < 1.29 is 13.9 Å². The van der Waals surface area contributed by atoms with Gasteiger partial charge in [-0.25, -0.2) is 14.4 Å². The Morgan fingerprint density at radius 2 is 2.00 bits per heavy atom. The molecule has 4 aromatic rings. The van der Waals surface area contributed by atoms with Crippen LogP contribution >= 0.6 is 0 Å². The van der Waals surface area contributed by atoms with Crippen LogP contribution in [0.5, 0.6) is 11.5 Å². The first-order valence-electron chi connectivity index (χ1n) is 9.90. The van der Waals surface area contributed by atoms with Crippen LogP contribution in [0.3, 0.4) is 0 Å². The Morgan fingerprint density at radius 1 is 1.13 bits per heavy atom. The van der Waals surface area contributed by atoms with Gasteiger partial charge in [-0.2, -0.15) is 0 Å². The van der Waals surface area contributed by atoms with E-state index in [-0.39, 0.29) is 11.7 Å². The highest BCUT2D eigenvalue weighted by Gasteiger charge is 2.31. The maximum atomic E-state index is 14.7. The lowest BCUT2D eigenvalue weighted by atomic mass is 9.93. The first-order valence-corrected chi connectivity index (χ1v) is 9.90. The van der Waals surface area contributed by atoms with Gasteiger partial charge in [-0.1, -0.05) is 0 Å². The van der Waals surface area contributed by atoms with Crippen LogP contribution in [-0.2, 0) is 12.8 Å². The summed E-state index contributed by atoms with van der Waals surface area (Å²) in [6.07, 6.45) is 6.11. The van der Waals surface area contributed by atoms with E-state index in [2.05, 4.69) is 20.2 Å². The highest BCUT2D eigenvalue weighted by molar-refractivity contribution is 5.78. The van der Waals surface area contributed by atoms with E-state index in [9.17, 15) is 4.39 Å². The molecule has 0 saturated carbocycles. The summed E-state index contributed by atoms with van der Waals surface area (Å²) in [5.41, 5.74) is 5.82. The Bertz CT molecular complexity index is 1300. The first-order chi connectivity index (χ1) is 14.7. The van der Waals surface area contributed by atoms with Crippen LogP contribution < -0.4 is 9.47 Å². The molecule has 0 aliphatic carbocycles. The number of aromatic nitrogens is 5. The molecule has 30 heavy (non-hydrogen) atoms. The molecule has 0 amide bonds. The van der Waals surface area contributed by atoms with Crippen LogP contribution in [0.1, 0.15) is 28.3 Å². The Labute approximate surface area is 171 Å². The van der Waals surface area contributed by atoms with Gasteiger partial charge in [0.2, 0.25) is 0 Å². The molecule has 3 aromatic heterocycles. The lowest BCUT2D eigenvalue weighted by Crippen LogP contribution is -2.13. The van der Waals surface area contributed by atoms with Crippen LogP contribution in [0.15, 0.2) is 37.1 Å². The summed E-state index contributed by atoms with van der Waals surface area (Å²) in [5.74, 6) is 1.30. The summed E-state index contributed by atoms with van der Waals surface area (Å²) in [6, 6.07) is 5.18. The van der Waals surface area contributed by atoms with E-state index >= 15 is 0 Å². The van der Waals surface area contributed by atoms with Crippen LogP contribution in [0.25, 0.3) is 16.9 Å². The average molecular weight is 403 g/mol. The monoisotopic (exact) mass is 403 g/mol. The summed E-state index contributed by atoms with van der Waals surface area (Å²) in [6.45, 7) is 2.86. The molecule has 1 aromatic carbocycles. The average Bonchev–Trinajstić information content (AvgIpc) is 3.40. The topological polar surface area (TPSA) is 74.4 Å². The second-order valence-electron chi connectivity index (χ2n) is 7.70. The van der Waals surface area contributed by atoms with E-state index in [4.69, 9.17) is 9.47 Å². The van der Waals surface area contributed by atoms with Gasteiger partial charge in [0.25, 0.3) is 0 Å². The molecule has 2 aliphatic rings. The number of hydrogen-bond acceptors (Lipinski definition) is 6. The van der Waals surface area contributed by atoms with Crippen LogP contribution in [-0.4, -0.2) is 37.8 Å². The molecule has 5 heterocycles. The fraction of sp³-hybridized carbons (Fsp3) is 0.273. The molecule has 0 spiro atoms. The molecule has 0 bridgehead atoms. The van der Waals surface area contributed by atoms with Crippen molar-refractivity contribution >= 4 is 5.65 Å². The number of fused-ring (bicyclic) bond motifs is 3. The van der Waals surface area contributed by atoms with Crippen molar-refractivity contribution in [3.63, 3.8) is 0 Å². The van der Waals surface area contributed by atoms with Crippen molar-refractivity contribution in [3.05, 3.63) is 65.3 Å². The number of pyridine rings is 1. The van der Waals surface area contributed by atoms with Crippen molar-refractivity contribution in [2.45, 2.75) is 25.7 Å². The van der Waals surface area contributed by atoms with Crippen molar-refractivity contribution in [1.82, 2.24) is 24.6 Å². The van der Waals surface area contributed by atoms with E-state index in [1.54, 1.807) is 18.6 Å². The predicted octanol–water partition coefficient (Wildman–Crippen LogP) is 3.29. The summed E-state index contributed by atoms with van der Waals surface area (Å²) >= 11 is 0. The normalized spacial score (nSPS) is 17.3. The fourth-order valence-corrected chi connectivity index (χ4v) is 4.52. The lowest BCUT2D eigenvalue weighted by molar-refractivity contribution is 0.246. The second-order valence-corrected chi connectivity index (χ2v) is 7.70. The quantitative estimate of drug-likeness (QED) is 0.486. The van der Waals surface area contributed by atoms with Gasteiger partial charge in [-0.05, 0) is 49.1 Å². The summed E-state index contributed by atoms with van der Waals surface area (Å²) in [7, 11) is 0. The molecule has 1 atom stereocenters. The highest BCUT2D eigenvalue weighted by Crippen LogP contribution is 2.41. The van der Waals surface area contributed by atoms with Gasteiger partial charge in [0.15, 0.2) is 5.65 Å². The third-order valence-corrected chi connectivity index (χ3v) is 5.95. The molecule has 2 aliphatic heterocycles. The Hall–Kier alpha value is -3.55. The minimum Gasteiger partial charge on any atom is -0.493 e. The smallest absolute Gasteiger partial charge is 0.170 e. The third kappa shape index (κ3) is 2.49. The molecule has 0 saturated heterocycles. The predicted molar refractivity (Wildman–Crippen MR) is 106 cm³/mol. The van der Waals surface area contributed by atoms with Crippen LogP contribution in [0.4, 0.5) is 4.39 Å². The molecule has 7 nitrogen and oxygen atoms in total. The van der Waals surface area contributed by atoms with E-state index in [1.165, 1.54) is 12.4 Å². The Kier molecular flexibility index (Phi) is 3.74. The molecule has 0 unspecified atom stereocenters. The van der Waals surface area contributed by atoms with Crippen molar-refractivity contribution in [1.29, 1.82) is 0 Å². The van der Waals surface area contributed by atoms with Gasteiger partial charge in [-0.15, -0.1) is 10.2 Å². The molecule has 0 fully saturated rings. The molecular weight excluding hydrogens is 385 g/mol. The number of halogens is 1. The van der Waals surface area contributed by atoms with Crippen LogP contribution in [0.2, 0.25) is 0 Å². The number of nitrogens with zero attached hydrogens (tertiary/aromatic N) is 5. The van der Waals surface area contributed by atoms with Gasteiger partial charge < -0.3 is 9.47 Å². The maximum Gasteiger partial charge on any atom is 0.170 e. The van der Waals surface area contributed by atoms with Gasteiger partial charge in [-0.3, -0.25) is 4.40 Å². The molecule has 8 heteroatoms. The largest absolute Gasteiger partial charge is 0.493 e. The number of benzene rings is 1. The number of aryl methyl sites for hydroxylation is 2. The first kappa shape index (κ1) is 17.3. The lowest BCUT2D eigenvalue weighted by Gasteiger charge is -2.16. The zero-order valence-electron chi connectivity index (χ0n) is 16.3. The third-order valence-electron chi connectivity index (χ3n) is 5.95. The maximum absolute atomic E-state index is 14.7. The Morgan fingerprint density at radius 3 is 2.87 bits per heavy atom. The van der Waals surface area contributed by atoms with E-state index < -0.39 is 0 Å². The van der Waals surface area contributed by atoms with Gasteiger partial charge in [0.1, 0.15) is 30.0 Å². The second kappa shape index (κ2) is 6.48. The minimum atomic E-state index is -0.194. The standard InChI is InChI=1S/C22H18FN5O2/c1-12-7-24-10-25-21(12)15-6-19-17(28-11-26-27-22(15)28)4-2-14-16(23)3-5-18-20(14)13(8-29-18)9-30-19/h3,5-7,10-11,13H,2,4,8-9H2,1H3/t13-/m1/s1. The zero-order valence-corrected chi connectivity index (χ0v) is 16.3. The number of ether oxygens (including phenoxy) is 2. The molecular formula is C22H18FN5O2. The summed E-state index contributed by atoms with van der Waals surface area (Å²) < 4.78 is 28.7. The number of hydrogen-bond donors (Lipinski definition) is 0. The minimum absolute atomic E-state index is 0.00232. The SMILES string of the molecule is Cc1cncnc1-c1cc2c(n3cnnc13)CCc1c(F)ccc3c1[C@H](CO3)CO2. The highest BCUT2D eigenvalue weighted by atomic mass is 19.1. The molecule has 6 rings (SSSR count). The van der Waals surface area contributed by atoms with E-state index in [0.29, 0.717) is 37.3 Å². The fourth-order valence-electron chi connectivity index (χ4n) is 4.52. The van der Waals surface area contributed by atoms with Gasteiger partial charge >= 0.3 is 0 Å². The van der Waals surface area contributed by atoms with Gasteiger partial charge in [0, 0.05) is 17.3 Å². The summed E-state index contributed by atoms with van der Waals surface area (Å²) in [5, 5.41) is 8.45. The van der Waals surface area contributed by atoms with E-state index in [0.717, 1.165) is 39.6 Å². The van der Waals surface area contributed by atoms with Crippen molar-refractivity contribution in [3.8, 4) is 22.8 Å². The van der Waals surface area contributed by atoms with Crippen molar-refractivity contribution in [2.24, 2.45) is 0 Å². The molecule has 0 radical (unpaired) electrons. The van der Waals surface area contributed by atoms with Crippen LogP contribution in [0, 0.1) is 12.7 Å². The molecule has 0 N–H and O–H groups in total. The Balaban J connectivity index is 1.54. The molecule has 150 valence electrons. The van der Waals surface area contributed by atoms with E-state index in [1.807, 2.05) is 17.4 Å².